The van der Waals surface area contributed by atoms with E-state index in [9.17, 15) is 9.59 Å². The molecule has 0 unspecified atom stereocenters. The molecule has 6 heteroatoms. The third-order valence-corrected chi connectivity index (χ3v) is 3.96. The lowest BCUT2D eigenvalue weighted by Gasteiger charge is -2.11. The molecule has 0 aliphatic rings. The first-order valence-corrected chi connectivity index (χ1v) is 9.03. The van der Waals surface area contributed by atoms with E-state index in [1.807, 2.05) is 55.5 Å². The number of amides is 2. The highest BCUT2D eigenvalue weighted by atomic mass is 16.5. The highest BCUT2D eigenvalue weighted by Gasteiger charge is 2.06. The van der Waals surface area contributed by atoms with E-state index in [4.69, 9.17) is 4.74 Å². The van der Waals surface area contributed by atoms with Gasteiger partial charge in [-0.05, 0) is 55.3 Å². The van der Waals surface area contributed by atoms with E-state index in [0.717, 1.165) is 22.7 Å². The molecule has 2 N–H and O–H groups in total. The molecule has 0 aliphatic carbocycles. The van der Waals surface area contributed by atoms with Crippen molar-refractivity contribution in [3.63, 3.8) is 0 Å². The van der Waals surface area contributed by atoms with Gasteiger partial charge in [-0.15, -0.1) is 0 Å². The smallest absolute Gasteiger partial charge is 0.243 e. The fourth-order valence-corrected chi connectivity index (χ4v) is 2.50. The van der Waals surface area contributed by atoms with Crippen molar-refractivity contribution in [2.24, 2.45) is 0 Å². The Morgan fingerprint density at radius 3 is 2.44 bits per heavy atom. The van der Waals surface area contributed by atoms with Gasteiger partial charge in [0, 0.05) is 31.9 Å². The topological polar surface area (TPSA) is 70.7 Å². The van der Waals surface area contributed by atoms with Crippen molar-refractivity contribution in [2.75, 3.05) is 37.9 Å². The summed E-state index contributed by atoms with van der Waals surface area (Å²) in [5.74, 6) is 0.756. The van der Waals surface area contributed by atoms with Gasteiger partial charge in [-0.25, -0.2) is 0 Å². The van der Waals surface area contributed by atoms with Gasteiger partial charge < -0.3 is 20.3 Å². The van der Waals surface area contributed by atoms with E-state index >= 15 is 0 Å². The molecule has 0 aromatic heterocycles. The normalized spacial score (nSPS) is 10.2. The number of nitrogens with one attached hydrogen (secondary N) is 2. The van der Waals surface area contributed by atoms with Crippen molar-refractivity contribution in [3.05, 3.63) is 54.1 Å². The molecule has 0 radical (unpaired) electrons. The number of ether oxygens (including phenoxy) is 1. The zero-order valence-electron chi connectivity index (χ0n) is 16.1. The predicted octanol–water partition coefficient (Wildman–Crippen LogP) is 3.16. The Kier molecular flexibility index (Phi) is 7.67. The van der Waals surface area contributed by atoms with Crippen LogP contribution in [0.4, 0.5) is 11.4 Å². The van der Waals surface area contributed by atoms with Gasteiger partial charge in [-0.2, -0.15) is 0 Å². The summed E-state index contributed by atoms with van der Waals surface area (Å²) in [7, 11) is 3.49. The molecule has 2 aromatic rings. The molecule has 0 bridgehead atoms. The number of rotatable bonds is 9. The van der Waals surface area contributed by atoms with Crippen molar-refractivity contribution in [1.82, 2.24) is 4.90 Å². The summed E-state index contributed by atoms with van der Waals surface area (Å²) in [6.45, 7) is 2.72. The predicted molar refractivity (Wildman–Crippen MR) is 108 cm³/mol. The van der Waals surface area contributed by atoms with Gasteiger partial charge in [-0.3, -0.25) is 9.59 Å². The fourth-order valence-electron chi connectivity index (χ4n) is 2.50. The Labute approximate surface area is 160 Å². The molecule has 27 heavy (non-hydrogen) atoms. The van der Waals surface area contributed by atoms with E-state index in [-0.39, 0.29) is 18.4 Å². The Hall–Kier alpha value is -3.02. The summed E-state index contributed by atoms with van der Waals surface area (Å²) >= 11 is 0. The Bertz CT molecular complexity index is 758. The van der Waals surface area contributed by atoms with Crippen molar-refractivity contribution in [2.45, 2.75) is 19.8 Å². The summed E-state index contributed by atoms with van der Waals surface area (Å²) in [4.78, 5) is 25.4. The highest BCUT2D eigenvalue weighted by Crippen LogP contribution is 2.16. The van der Waals surface area contributed by atoms with Gasteiger partial charge in [0.15, 0.2) is 0 Å². The highest BCUT2D eigenvalue weighted by molar-refractivity contribution is 5.93. The van der Waals surface area contributed by atoms with Crippen LogP contribution >= 0.6 is 0 Å². The molecule has 0 saturated carbocycles. The SMILES string of the molecule is CCOc1ccc(NCC(=O)Nc2cccc(CCC(=O)N(C)C)c2)cc1. The number of carbonyl (C=O) groups is 2. The lowest BCUT2D eigenvalue weighted by Crippen LogP contribution is -2.22. The standard InChI is InChI=1S/C21H27N3O3/c1-4-27-19-11-9-17(10-12-19)22-15-20(25)23-18-7-5-6-16(14-18)8-13-21(26)24(2)3/h5-7,9-12,14,22H,4,8,13,15H2,1-3H3,(H,23,25). The van der Waals surface area contributed by atoms with Gasteiger partial charge in [0.05, 0.1) is 13.2 Å². The molecule has 0 heterocycles. The maximum Gasteiger partial charge on any atom is 0.243 e. The van der Waals surface area contributed by atoms with Crippen LogP contribution in [0.15, 0.2) is 48.5 Å². The molecule has 0 fully saturated rings. The van der Waals surface area contributed by atoms with Crippen LogP contribution in [0, 0.1) is 0 Å². The van der Waals surface area contributed by atoms with Crippen molar-refractivity contribution >= 4 is 23.2 Å². The average molecular weight is 369 g/mol. The zero-order chi connectivity index (χ0) is 19.6. The van der Waals surface area contributed by atoms with Gasteiger partial charge in [0.1, 0.15) is 5.75 Å². The maximum absolute atomic E-state index is 12.2. The lowest BCUT2D eigenvalue weighted by molar-refractivity contribution is -0.128. The number of carbonyl (C=O) groups excluding carboxylic acids is 2. The summed E-state index contributed by atoms with van der Waals surface area (Å²) in [5, 5.41) is 5.96. The average Bonchev–Trinajstić information content (AvgIpc) is 2.66. The van der Waals surface area contributed by atoms with Crippen LogP contribution in [0.25, 0.3) is 0 Å². The number of nitrogens with zero attached hydrogens (tertiary/aromatic N) is 1. The monoisotopic (exact) mass is 369 g/mol. The number of hydrogen-bond acceptors (Lipinski definition) is 4. The molecule has 2 rings (SSSR count). The number of hydrogen-bond donors (Lipinski definition) is 2. The third kappa shape index (κ3) is 7.01. The molecule has 6 nitrogen and oxygen atoms in total. The lowest BCUT2D eigenvalue weighted by atomic mass is 10.1. The molecular formula is C21H27N3O3. The van der Waals surface area contributed by atoms with Gasteiger partial charge in [0.2, 0.25) is 11.8 Å². The minimum absolute atomic E-state index is 0.0870. The second-order valence-electron chi connectivity index (χ2n) is 6.35. The van der Waals surface area contributed by atoms with Crippen LogP contribution in [0.2, 0.25) is 0 Å². The van der Waals surface area contributed by atoms with Crippen LogP contribution in [-0.4, -0.2) is 44.0 Å². The van der Waals surface area contributed by atoms with Crippen molar-refractivity contribution in [3.8, 4) is 5.75 Å². The van der Waals surface area contributed by atoms with E-state index in [2.05, 4.69) is 10.6 Å². The molecule has 0 aliphatic heterocycles. The Morgan fingerprint density at radius 2 is 1.78 bits per heavy atom. The number of aryl methyl sites for hydroxylation is 1. The van der Waals surface area contributed by atoms with Crippen LogP contribution in [0.1, 0.15) is 18.9 Å². The maximum atomic E-state index is 12.2. The van der Waals surface area contributed by atoms with E-state index in [1.54, 1.807) is 19.0 Å². The molecule has 2 amide bonds. The van der Waals surface area contributed by atoms with Crippen molar-refractivity contribution in [1.29, 1.82) is 0 Å². The van der Waals surface area contributed by atoms with Gasteiger partial charge in [0.25, 0.3) is 0 Å². The Balaban J connectivity index is 1.82. The summed E-state index contributed by atoms with van der Waals surface area (Å²) in [6.07, 6.45) is 1.09. The molecule has 0 saturated heterocycles. The first-order chi connectivity index (χ1) is 13.0. The second kappa shape index (κ2) is 10.2. The molecular weight excluding hydrogens is 342 g/mol. The zero-order valence-corrected chi connectivity index (χ0v) is 16.1. The minimum atomic E-state index is -0.134. The molecule has 144 valence electrons. The number of benzene rings is 2. The van der Waals surface area contributed by atoms with Crippen molar-refractivity contribution < 1.29 is 14.3 Å². The largest absolute Gasteiger partial charge is 0.494 e. The van der Waals surface area contributed by atoms with Gasteiger partial charge >= 0.3 is 0 Å². The molecule has 0 atom stereocenters. The van der Waals surface area contributed by atoms with Crippen LogP contribution < -0.4 is 15.4 Å². The summed E-state index contributed by atoms with van der Waals surface area (Å²) in [6, 6.07) is 15.1. The first-order valence-electron chi connectivity index (χ1n) is 9.03. The third-order valence-electron chi connectivity index (χ3n) is 3.96. The van der Waals surface area contributed by atoms with E-state index < -0.39 is 0 Å². The van der Waals surface area contributed by atoms with E-state index in [1.165, 1.54) is 0 Å². The van der Waals surface area contributed by atoms with Crippen LogP contribution in [0.5, 0.6) is 5.75 Å². The minimum Gasteiger partial charge on any atom is -0.494 e. The van der Waals surface area contributed by atoms with Crippen LogP contribution in [-0.2, 0) is 16.0 Å². The molecule has 0 spiro atoms. The van der Waals surface area contributed by atoms with Crippen LogP contribution in [0.3, 0.4) is 0 Å². The Morgan fingerprint density at radius 1 is 1.04 bits per heavy atom. The van der Waals surface area contributed by atoms with Gasteiger partial charge in [-0.1, -0.05) is 12.1 Å². The number of anilines is 2. The quantitative estimate of drug-likeness (QED) is 0.712. The summed E-state index contributed by atoms with van der Waals surface area (Å²) in [5.41, 5.74) is 2.59. The first kappa shape index (κ1) is 20.3. The summed E-state index contributed by atoms with van der Waals surface area (Å²) < 4.78 is 5.39. The van der Waals surface area contributed by atoms with E-state index in [0.29, 0.717) is 19.4 Å². The molecule has 2 aromatic carbocycles. The fraction of sp³-hybridized carbons (Fsp3) is 0.333. The second-order valence-corrected chi connectivity index (χ2v) is 6.35.